The molecule has 0 aromatic heterocycles. The third-order valence-corrected chi connectivity index (χ3v) is 6.97. The summed E-state index contributed by atoms with van der Waals surface area (Å²) in [5.41, 5.74) is 1.12. The van der Waals surface area contributed by atoms with E-state index in [4.69, 9.17) is 4.74 Å². The van der Waals surface area contributed by atoms with Crippen molar-refractivity contribution in [3.63, 3.8) is 0 Å². The number of carbonyl (C=O) groups excluding carboxylic acids is 1. The fourth-order valence-corrected chi connectivity index (χ4v) is 5.27. The van der Waals surface area contributed by atoms with E-state index in [1.165, 1.54) is 50.3 Å². The van der Waals surface area contributed by atoms with Crippen LogP contribution in [0.2, 0.25) is 0 Å². The molecule has 2 aromatic rings. The molecular formula is C25H33NO2. The highest BCUT2D eigenvalue weighted by Gasteiger charge is 2.35. The molecule has 2 aliphatic rings. The first-order valence-electron chi connectivity index (χ1n) is 11.1. The zero-order valence-electron chi connectivity index (χ0n) is 17.3. The Morgan fingerprint density at radius 1 is 0.964 bits per heavy atom. The highest BCUT2D eigenvalue weighted by Crippen LogP contribution is 2.35. The number of benzene rings is 2. The minimum atomic E-state index is -0.0873. The van der Waals surface area contributed by atoms with Crippen LogP contribution in [-0.4, -0.2) is 30.5 Å². The summed E-state index contributed by atoms with van der Waals surface area (Å²) in [6, 6.07) is 13.0. The van der Waals surface area contributed by atoms with E-state index in [9.17, 15) is 4.79 Å². The predicted octanol–water partition coefficient (Wildman–Crippen LogP) is 5.91. The third-order valence-electron chi connectivity index (χ3n) is 6.97. The average molecular weight is 380 g/mol. The van der Waals surface area contributed by atoms with Gasteiger partial charge in [-0.05, 0) is 73.4 Å². The van der Waals surface area contributed by atoms with Crippen LogP contribution in [0.3, 0.4) is 0 Å². The van der Waals surface area contributed by atoms with Gasteiger partial charge in [0.2, 0.25) is 5.91 Å². The van der Waals surface area contributed by atoms with Crippen molar-refractivity contribution in [1.29, 1.82) is 0 Å². The predicted molar refractivity (Wildman–Crippen MR) is 115 cm³/mol. The monoisotopic (exact) mass is 379 g/mol. The summed E-state index contributed by atoms with van der Waals surface area (Å²) >= 11 is 0. The van der Waals surface area contributed by atoms with Crippen LogP contribution in [-0.2, 0) is 4.79 Å². The van der Waals surface area contributed by atoms with Crippen molar-refractivity contribution in [2.24, 2.45) is 5.92 Å². The van der Waals surface area contributed by atoms with Crippen molar-refractivity contribution >= 4 is 16.7 Å². The van der Waals surface area contributed by atoms with Gasteiger partial charge in [0.1, 0.15) is 5.75 Å². The lowest BCUT2D eigenvalue weighted by Crippen LogP contribution is -2.49. The molecular weight excluding hydrogens is 346 g/mol. The zero-order chi connectivity index (χ0) is 19.5. The molecule has 4 rings (SSSR count). The molecule has 2 aromatic carbocycles. The molecule has 0 N–H and O–H groups in total. The zero-order valence-corrected chi connectivity index (χ0v) is 17.3. The topological polar surface area (TPSA) is 29.5 Å². The Morgan fingerprint density at radius 3 is 2.46 bits per heavy atom. The second kappa shape index (κ2) is 8.55. The SMILES string of the molecule is COc1ccc2cc(C(C)C(=O)N3CCCCC3C3CCCCC3)ccc2c1. The van der Waals surface area contributed by atoms with Crippen LogP contribution in [0.4, 0.5) is 0 Å². The maximum absolute atomic E-state index is 13.5. The molecule has 0 radical (unpaired) electrons. The van der Waals surface area contributed by atoms with E-state index in [1.807, 2.05) is 6.07 Å². The number of fused-ring (bicyclic) bond motifs is 1. The van der Waals surface area contributed by atoms with E-state index in [-0.39, 0.29) is 5.92 Å². The number of hydrogen-bond donors (Lipinski definition) is 0. The first-order chi connectivity index (χ1) is 13.7. The van der Waals surface area contributed by atoms with Crippen molar-refractivity contribution in [2.75, 3.05) is 13.7 Å². The Kier molecular flexibility index (Phi) is 5.89. The minimum Gasteiger partial charge on any atom is -0.497 e. The second-order valence-corrected chi connectivity index (χ2v) is 8.69. The Morgan fingerprint density at radius 2 is 1.68 bits per heavy atom. The molecule has 1 aliphatic carbocycles. The van der Waals surface area contributed by atoms with Gasteiger partial charge in [0.15, 0.2) is 0 Å². The molecule has 3 heteroatoms. The number of ether oxygens (including phenoxy) is 1. The van der Waals surface area contributed by atoms with Crippen LogP contribution in [0.1, 0.15) is 69.8 Å². The molecule has 2 unspecified atom stereocenters. The largest absolute Gasteiger partial charge is 0.497 e. The van der Waals surface area contributed by atoms with Gasteiger partial charge in [-0.3, -0.25) is 4.79 Å². The molecule has 2 fully saturated rings. The second-order valence-electron chi connectivity index (χ2n) is 8.69. The number of rotatable bonds is 4. The summed E-state index contributed by atoms with van der Waals surface area (Å²) in [6.45, 7) is 3.02. The Hall–Kier alpha value is -2.03. The van der Waals surface area contributed by atoms with E-state index >= 15 is 0 Å². The summed E-state index contributed by atoms with van der Waals surface area (Å²) in [6.07, 6.45) is 10.3. The summed E-state index contributed by atoms with van der Waals surface area (Å²) < 4.78 is 5.33. The summed E-state index contributed by atoms with van der Waals surface area (Å²) in [5, 5.41) is 2.32. The van der Waals surface area contributed by atoms with Crippen molar-refractivity contribution in [2.45, 2.75) is 70.3 Å². The van der Waals surface area contributed by atoms with Gasteiger partial charge in [-0.15, -0.1) is 0 Å². The van der Waals surface area contributed by atoms with Crippen LogP contribution < -0.4 is 4.74 Å². The van der Waals surface area contributed by atoms with Crippen molar-refractivity contribution in [3.8, 4) is 5.75 Å². The summed E-state index contributed by atoms with van der Waals surface area (Å²) in [4.78, 5) is 15.7. The normalized spacial score (nSPS) is 22.2. The van der Waals surface area contributed by atoms with E-state index in [1.54, 1.807) is 7.11 Å². The first-order valence-corrected chi connectivity index (χ1v) is 11.1. The third kappa shape index (κ3) is 3.90. The molecule has 1 saturated carbocycles. The van der Waals surface area contributed by atoms with E-state index in [2.05, 4.69) is 42.2 Å². The highest BCUT2D eigenvalue weighted by atomic mass is 16.5. The lowest BCUT2D eigenvalue weighted by Gasteiger charge is -2.43. The van der Waals surface area contributed by atoms with Crippen LogP contribution in [0.25, 0.3) is 10.8 Å². The maximum Gasteiger partial charge on any atom is 0.230 e. The van der Waals surface area contributed by atoms with E-state index < -0.39 is 0 Å². The summed E-state index contributed by atoms with van der Waals surface area (Å²) in [5.74, 6) is 1.82. The van der Waals surface area contributed by atoms with Crippen LogP contribution in [0, 0.1) is 5.92 Å². The van der Waals surface area contributed by atoms with Gasteiger partial charge in [0.25, 0.3) is 0 Å². The minimum absolute atomic E-state index is 0.0873. The Labute approximate surface area is 169 Å². The van der Waals surface area contributed by atoms with Crippen molar-refractivity contribution < 1.29 is 9.53 Å². The number of nitrogens with zero attached hydrogens (tertiary/aromatic N) is 1. The fourth-order valence-electron chi connectivity index (χ4n) is 5.27. The Bertz CT molecular complexity index is 824. The number of carbonyl (C=O) groups is 1. The molecule has 3 nitrogen and oxygen atoms in total. The number of hydrogen-bond acceptors (Lipinski definition) is 2. The van der Waals surface area contributed by atoms with Crippen molar-refractivity contribution in [3.05, 3.63) is 42.0 Å². The number of amides is 1. The molecule has 1 saturated heterocycles. The van der Waals surface area contributed by atoms with Gasteiger partial charge in [-0.2, -0.15) is 0 Å². The molecule has 150 valence electrons. The molecule has 0 spiro atoms. The fraction of sp³-hybridized carbons (Fsp3) is 0.560. The number of piperidine rings is 1. The average Bonchev–Trinajstić information content (AvgIpc) is 2.78. The molecule has 0 bridgehead atoms. The molecule has 1 aliphatic heterocycles. The quantitative estimate of drug-likeness (QED) is 0.660. The smallest absolute Gasteiger partial charge is 0.230 e. The maximum atomic E-state index is 13.5. The van der Waals surface area contributed by atoms with Gasteiger partial charge < -0.3 is 9.64 Å². The lowest BCUT2D eigenvalue weighted by atomic mass is 9.79. The lowest BCUT2D eigenvalue weighted by molar-refractivity contribution is -0.138. The standard InChI is InChI=1S/C25H33NO2/c1-18(20-11-12-22-17-23(28-2)14-13-21(22)16-20)25(27)26-15-7-6-10-24(26)19-8-4-3-5-9-19/h11-14,16-19,24H,3-10,15H2,1-2H3. The van der Waals surface area contributed by atoms with Gasteiger partial charge in [0.05, 0.1) is 13.0 Å². The van der Waals surface area contributed by atoms with Gasteiger partial charge in [-0.25, -0.2) is 0 Å². The molecule has 1 heterocycles. The molecule has 28 heavy (non-hydrogen) atoms. The molecule has 1 amide bonds. The number of likely N-dealkylation sites (tertiary alicyclic amines) is 1. The van der Waals surface area contributed by atoms with Gasteiger partial charge in [-0.1, -0.05) is 43.5 Å². The van der Waals surface area contributed by atoms with Crippen LogP contribution >= 0.6 is 0 Å². The van der Waals surface area contributed by atoms with Crippen LogP contribution in [0.15, 0.2) is 36.4 Å². The van der Waals surface area contributed by atoms with Crippen molar-refractivity contribution in [1.82, 2.24) is 4.90 Å². The summed E-state index contributed by atoms with van der Waals surface area (Å²) in [7, 11) is 1.69. The van der Waals surface area contributed by atoms with E-state index in [0.29, 0.717) is 17.9 Å². The van der Waals surface area contributed by atoms with Gasteiger partial charge in [0, 0.05) is 12.6 Å². The van der Waals surface area contributed by atoms with Gasteiger partial charge >= 0.3 is 0 Å². The molecule has 2 atom stereocenters. The van der Waals surface area contributed by atoms with E-state index in [0.717, 1.165) is 29.7 Å². The highest BCUT2D eigenvalue weighted by molar-refractivity contribution is 5.88. The first kappa shape index (κ1) is 19.3. The number of methoxy groups -OCH3 is 1. The van der Waals surface area contributed by atoms with Crippen LogP contribution in [0.5, 0.6) is 5.75 Å². The Balaban J connectivity index is 1.54.